The average Bonchev–Trinajstić information content (AvgIpc) is 3.07. The van der Waals surface area contributed by atoms with Gasteiger partial charge in [0.05, 0.1) is 17.7 Å². The number of nitrogens with two attached hydrogens (primary N) is 1. The number of nitrogens with zero attached hydrogens (tertiary/aromatic N) is 5. The first-order valence-corrected chi connectivity index (χ1v) is 9.09. The van der Waals surface area contributed by atoms with Crippen LogP contribution in [-0.4, -0.2) is 37.9 Å². The number of alkyl halides is 3. The van der Waals surface area contributed by atoms with E-state index in [0.717, 1.165) is 44.0 Å². The standard InChI is InChI=1S/C18H19F3N6O2/c1-28-12-4-2-11(3-5-12)27-16-14(15(22)24-9-25-16)17(26-27)29-13-8-10(6-7-23-13)18(19,20)21/h6-9,11-12H,2-5H2,1H3,(H2,22,24,25). The first-order chi connectivity index (χ1) is 13.9. The monoisotopic (exact) mass is 408 g/mol. The third kappa shape index (κ3) is 3.82. The second-order valence-electron chi connectivity index (χ2n) is 6.86. The molecule has 0 aliphatic heterocycles. The van der Waals surface area contributed by atoms with E-state index in [1.165, 1.54) is 6.33 Å². The molecule has 0 saturated heterocycles. The van der Waals surface area contributed by atoms with Crippen molar-refractivity contribution in [2.24, 2.45) is 0 Å². The van der Waals surface area contributed by atoms with Gasteiger partial charge in [0.2, 0.25) is 5.88 Å². The third-order valence-corrected chi connectivity index (χ3v) is 5.07. The maximum atomic E-state index is 13.0. The zero-order valence-corrected chi connectivity index (χ0v) is 15.6. The zero-order valence-electron chi connectivity index (χ0n) is 15.6. The van der Waals surface area contributed by atoms with Crippen molar-refractivity contribution in [3.8, 4) is 11.8 Å². The summed E-state index contributed by atoms with van der Waals surface area (Å²) in [5.74, 6) is -0.0784. The maximum Gasteiger partial charge on any atom is 0.416 e. The predicted octanol–water partition coefficient (Wildman–Crippen LogP) is 3.74. The highest BCUT2D eigenvalue weighted by molar-refractivity contribution is 5.90. The molecule has 0 aromatic carbocycles. The van der Waals surface area contributed by atoms with Crippen molar-refractivity contribution in [1.82, 2.24) is 24.7 Å². The first kappa shape index (κ1) is 19.4. The topological polar surface area (TPSA) is 101 Å². The minimum Gasteiger partial charge on any atom is -0.418 e. The quantitative estimate of drug-likeness (QED) is 0.702. The van der Waals surface area contributed by atoms with Gasteiger partial charge in [-0.3, -0.25) is 0 Å². The lowest BCUT2D eigenvalue weighted by molar-refractivity contribution is -0.137. The largest absolute Gasteiger partial charge is 0.418 e. The molecule has 3 aromatic heterocycles. The zero-order chi connectivity index (χ0) is 20.6. The van der Waals surface area contributed by atoms with E-state index < -0.39 is 11.7 Å². The number of anilines is 1. The molecule has 0 amide bonds. The first-order valence-electron chi connectivity index (χ1n) is 9.09. The molecule has 4 rings (SSSR count). The molecule has 11 heteroatoms. The number of halogens is 3. The van der Waals surface area contributed by atoms with Gasteiger partial charge in [-0.15, -0.1) is 5.10 Å². The van der Waals surface area contributed by atoms with E-state index in [1.54, 1.807) is 11.8 Å². The minimum atomic E-state index is -4.51. The van der Waals surface area contributed by atoms with Crippen molar-refractivity contribution in [1.29, 1.82) is 0 Å². The Labute approximate surface area is 163 Å². The Balaban J connectivity index is 1.70. The number of pyridine rings is 1. The highest BCUT2D eigenvalue weighted by Crippen LogP contribution is 2.37. The van der Waals surface area contributed by atoms with Crippen LogP contribution in [0.4, 0.5) is 19.0 Å². The number of aromatic nitrogens is 5. The molecule has 1 saturated carbocycles. The summed E-state index contributed by atoms with van der Waals surface area (Å²) in [6.45, 7) is 0. The summed E-state index contributed by atoms with van der Waals surface area (Å²) in [6.07, 6.45) is 1.43. The fraction of sp³-hybridized carbons (Fsp3) is 0.444. The molecule has 0 spiro atoms. The number of methoxy groups -OCH3 is 1. The molecule has 0 bridgehead atoms. The van der Waals surface area contributed by atoms with Crippen molar-refractivity contribution in [2.45, 2.75) is 44.0 Å². The van der Waals surface area contributed by atoms with Gasteiger partial charge in [0.1, 0.15) is 17.5 Å². The molecule has 0 unspecified atom stereocenters. The van der Waals surface area contributed by atoms with Crippen molar-refractivity contribution in [3.05, 3.63) is 30.2 Å². The van der Waals surface area contributed by atoms with Gasteiger partial charge in [-0.1, -0.05) is 0 Å². The van der Waals surface area contributed by atoms with E-state index in [2.05, 4.69) is 20.1 Å². The molecule has 154 valence electrons. The molecular formula is C18H19F3N6O2. The van der Waals surface area contributed by atoms with Crippen LogP contribution in [0.3, 0.4) is 0 Å². The highest BCUT2D eigenvalue weighted by atomic mass is 19.4. The molecule has 3 aromatic rings. The maximum absolute atomic E-state index is 13.0. The molecule has 1 aliphatic rings. The Morgan fingerprint density at radius 3 is 2.59 bits per heavy atom. The van der Waals surface area contributed by atoms with E-state index in [9.17, 15) is 13.2 Å². The molecule has 0 atom stereocenters. The van der Waals surface area contributed by atoms with Crippen LogP contribution in [0.1, 0.15) is 37.3 Å². The molecule has 2 N–H and O–H groups in total. The Hall–Kier alpha value is -2.95. The van der Waals surface area contributed by atoms with Crippen LogP contribution >= 0.6 is 0 Å². The Bertz CT molecular complexity index is 1010. The summed E-state index contributed by atoms with van der Waals surface area (Å²) in [5, 5.41) is 4.81. The van der Waals surface area contributed by atoms with E-state index in [1.807, 2.05) is 0 Å². The van der Waals surface area contributed by atoms with Crippen LogP contribution < -0.4 is 10.5 Å². The fourth-order valence-electron chi connectivity index (χ4n) is 3.56. The van der Waals surface area contributed by atoms with Gasteiger partial charge in [0, 0.05) is 19.4 Å². The molecule has 0 radical (unpaired) electrons. The van der Waals surface area contributed by atoms with Gasteiger partial charge in [-0.25, -0.2) is 19.6 Å². The molecule has 29 heavy (non-hydrogen) atoms. The number of rotatable bonds is 4. The lowest BCUT2D eigenvalue weighted by Gasteiger charge is -2.27. The van der Waals surface area contributed by atoms with Crippen LogP contribution in [0, 0.1) is 0 Å². The summed E-state index contributed by atoms with van der Waals surface area (Å²) in [4.78, 5) is 12.1. The van der Waals surface area contributed by atoms with Gasteiger partial charge in [-0.05, 0) is 31.7 Å². The average molecular weight is 408 g/mol. The summed E-state index contributed by atoms with van der Waals surface area (Å²) < 4.78 is 51.6. The summed E-state index contributed by atoms with van der Waals surface area (Å²) in [5.41, 5.74) is 5.60. The van der Waals surface area contributed by atoms with Gasteiger partial charge < -0.3 is 15.2 Å². The Morgan fingerprint density at radius 1 is 1.14 bits per heavy atom. The number of hydrogen-bond donors (Lipinski definition) is 1. The lowest BCUT2D eigenvalue weighted by atomic mass is 9.93. The number of fused-ring (bicyclic) bond motifs is 1. The van der Waals surface area contributed by atoms with Gasteiger partial charge in [-0.2, -0.15) is 13.2 Å². The second kappa shape index (κ2) is 7.47. The Kier molecular flexibility index (Phi) is 4.99. The van der Waals surface area contributed by atoms with Crippen LogP contribution in [0.5, 0.6) is 11.8 Å². The van der Waals surface area contributed by atoms with Crippen LogP contribution in [0.2, 0.25) is 0 Å². The van der Waals surface area contributed by atoms with E-state index in [4.69, 9.17) is 15.2 Å². The smallest absolute Gasteiger partial charge is 0.416 e. The van der Waals surface area contributed by atoms with Crippen molar-refractivity contribution < 1.29 is 22.6 Å². The summed E-state index contributed by atoms with van der Waals surface area (Å²) in [7, 11) is 1.69. The van der Waals surface area contributed by atoms with E-state index in [0.29, 0.717) is 11.0 Å². The SMILES string of the molecule is COC1CCC(n2nc(Oc3cc(C(F)(F)F)ccn3)c3c(N)ncnc32)CC1. The lowest BCUT2D eigenvalue weighted by Crippen LogP contribution is -2.23. The van der Waals surface area contributed by atoms with Crippen LogP contribution in [0.15, 0.2) is 24.7 Å². The number of hydrogen-bond acceptors (Lipinski definition) is 7. The van der Waals surface area contributed by atoms with Crippen LogP contribution in [-0.2, 0) is 10.9 Å². The van der Waals surface area contributed by atoms with Crippen molar-refractivity contribution in [3.63, 3.8) is 0 Å². The van der Waals surface area contributed by atoms with Crippen molar-refractivity contribution >= 4 is 16.9 Å². The summed E-state index contributed by atoms with van der Waals surface area (Å²) in [6, 6.07) is 1.73. The molecule has 8 nitrogen and oxygen atoms in total. The van der Waals surface area contributed by atoms with Gasteiger partial charge in [0.25, 0.3) is 5.88 Å². The van der Waals surface area contributed by atoms with Crippen LogP contribution in [0.25, 0.3) is 11.0 Å². The summed E-state index contributed by atoms with van der Waals surface area (Å²) >= 11 is 0. The van der Waals surface area contributed by atoms with E-state index in [-0.39, 0.29) is 29.7 Å². The normalized spacial score (nSPS) is 20.1. The minimum absolute atomic E-state index is 0.0267. The second-order valence-corrected chi connectivity index (χ2v) is 6.86. The number of ether oxygens (including phenoxy) is 2. The van der Waals surface area contributed by atoms with Crippen molar-refractivity contribution in [2.75, 3.05) is 12.8 Å². The highest BCUT2D eigenvalue weighted by Gasteiger charge is 2.32. The number of nitrogen functional groups attached to an aromatic ring is 1. The third-order valence-electron chi connectivity index (χ3n) is 5.07. The molecule has 1 aliphatic carbocycles. The van der Waals surface area contributed by atoms with Gasteiger partial charge in [0.15, 0.2) is 5.65 Å². The fourth-order valence-corrected chi connectivity index (χ4v) is 3.56. The molecular weight excluding hydrogens is 389 g/mol. The Morgan fingerprint density at radius 2 is 1.90 bits per heavy atom. The van der Waals surface area contributed by atoms with E-state index >= 15 is 0 Å². The van der Waals surface area contributed by atoms with Gasteiger partial charge >= 0.3 is 6.18 Å². The molecule has 1 fully saturated rings. The predicted molar refractivity (Wildman–Crippen MR) is 97.4 cm³/mol. The molecule has 3 heterocycles.